The number of carbonyl (C=O) groups excluding carboxylic acids is 1. The Hall–Kier alpha value is -1.18. The topological polar surface area (TPSA) is 26.3 Å². The highest BCUT2D eigenvalue weighted by molar-refractivity contribution is 9.10. The second kappa shape index (κ2) is 5.21. The molecule has 0 aliphatic carbocycles. The van der Waals surface area contributed by atoms with Gasteiger partial charge in [-0.3, -0.25) is 4.79 Å². The van der Waals surface area contributed by atoms with Crippen molar-refractivity contribution in [3.05, 3.63) is 27.7 Å². The molecule has 1 aromatic carbocycles. The number of ether oxygens (including phenoxy) is 1. The Kier molecular flexibility index (Phi) is 4.31. The van der Waals surface area contributed by atoms with Crippen LogP contribution in [-0.2, 0) is 6.18 Å². The molecule has 100 valence electrons. The molecule has 0 atom stereocenters. The smallest absolute Gasteiger partial charge is 0.417 e. The second-order valence-corrected chi connectivity index (χ2v) is 4.11. The molecule has 1 aromatic rings. The Labute approximate surface area is 107 Å². The molecular weight excluding hydrogens is 327 g/mol. The number of hydrogen-bond donors (Lipinski definition) is 0. The van der Waals surface area contributed by atoms with Gasteiger partial charge >= 0.3 is 12.8 Å². The van der Waals surface area contributed by atoms with E-state index in [0.29, 0.717) is 12.1 Å². The van der Waals surface area contributed by atoms with E-state index in [1.54, 1.807) is 0 Å². The summed E-state index contributed by atoms with van der Waals surface area (Å²) < 4.78 is 65.6. The van der Waals surface area contributed by atoms with Crippen LogP contribution in [0.15, 0.2) is 16.6 Å². The van der Waals surface area contributed by atoms with Gasteiger partial charge in [0.05, 0.1) is 10.0 Å². The minimum atomic E-state index is -4.76. The zero-order valence-electron chi connectivity index (χ0n) is 8.82. The molecule has 0 aliphatic rings. The third-order valence-electron chi connectivity index (χ3n) is 1.97. The van der Waals surface area contributed by atoms with Gasteiger partial charge < -0.3 is 4.74 Å². The maximum absolute atomic E-state index is 12.6. The average molecular weight is 333 g/mol. The monoisotopic (exact) mass is 332 g/mol. The summed E-state index contributed by atoms with van der Waals surface area (Å²) in [5, 5.41) is 0. The van der Waals surface area contributed by atoms with Crippen LogP contribution in [0.1, 0.15) is 22.8 Å². The third kappa shape index (κ3) is 3.41. The van der Waals surface area contributed by atoms with E-state index in [0.717, 1.165) is 6.92 Å². The molecule has 18 heavy (non-hydrogen) atoms. The fourth-order valence-electron chi connectivity index (χ4n) is 1.27. The molecule has 8 heteroatoms. The van der Waals surface area contributed by atoms with Gasteiger partial charge in [0, 0.05) is 5.56 Å². The Morgan fingerprint density at radius 1 is 1.33 bits per heavy atom. The molecule has 1 rings (SSSR count). The fraction of sp³-hybridized carbons (Fsp3) is 0.300. The number of hydrogen-bond acceptors (Lipinski definition) is 2. The SMILES string of the molecule is CC(=O)c1cc(OC(F)F)c(Br)cc1C(F)(F)F. The van der Waals surface area contributed by atoms with Crippen molar-refractivity contribution in [3.63, 3.8) is 0 Å². The lowest BCUT2D eigenvalue weighted by molar-refractivity contribution is -0.138. The zero-order valence-corrected chi connectivity index (χ0v) is 10.4. The van der Waals surface area contributed by atoms with Crippen molar-refractivity contribution < 1.29 is 31.5 Å². The van der Waals surface area contributed by atoms with Crippen LogP contribution in [0, 0.1) is 0 Å². The number of halogens is 6. The summed E-state index contributed by atoms with van der Waals surface area (Å²) in [5.74, 6) is -1.42. The Bertz CT molecular complexity index is 470. The summed E-state index contributed by atoms with van der Waals surface area (Å²) >= 11 is 2.68. The first-order valence-electron chi connectivity index (χ1n) is 4.49. The Morgan fingerprint density at radius 2 is 1.89 bits per heavy atom. The number of carbonyl (C=O) groups is 1. The summed E-state index contributed by atoms with van der Waals surface area (Å²) in [6.45, 7) is -2.29. The van der Waals surface area contributed by atoms with Crippen LogP contribution < -0.4 is 4.74 Å². The summed E-state index contributed by atoms with van der Waals surface area (Å²) in [6.07, 6.45) is -4.76. The minimum Gasteiger partial charge on any atom is -0.434 e. The maximum atomic E-state index is 12.6. The molecule has 0 saturated carbocycles. The minimum absolute atomic E-state index is 0.305. The second-order valence-electron chi connectivity index (χ2n) is 3.26. The van der Waals surface area contributed by atoms with Crippen LogP contribution >= 0.6 is 15.9 Å². The van der Waals surface area contributed by atoms with Crippen molar-refractivity contribution in [2.45, 2.75) is 19.7 Å². The highest BCUT2D eigenvalue weighted by atomic mass is 79.9. The van der Waals surface area contributed by atoms with Gasteiger partial charge in [0.25, 0.3) is 0 Å². The fourth-order valence-corrected chi connectivity index (χ4v) is 1.70. The lowest BCUT2D eigenvalue weighted by Gasteiger charge is -2.14. The number of alkyl halides is 5. The Morgan fingerprint density at radius 3 is 2.28 bits per heavy atom. The first kappa shape index (κ1) is 14.9. The van der Waals surface area contributed by atoms with Crippen LogP contribution in [0.2, 0.25) is 0 Å². The maximum Gasteiger partial charge on any atom is 0.417 e. The van der Waals surface area contributed by atoms with Crippen molar-refractivity contribution in [3.8, 4) is 5.75 Å². The van der Waals surface area contributed by atoms with Gasteiger partial charge in [-0.25, -0.2) is 0 Å². The first-order valence-corrected chi connectivity index (χ1v) is 5.28. The molecule has 0 unspecified atom stereocenters. The van der Waals surface area contributed by atoms with E-state index in [9.17, 15) is 26.7 Å². The van der Waals surface area contributed by atoms with Crippen molar-refractivity contribution in [2.75, 3.05) is 0 Å². The van der Waals surface area contributed by atoms with E-state index in [1.165, 1.54) is 0 Å². The summed E-state index contributed by atoms with van der Waals surface area (Å²) in [5.41, 5.74) is -1.93. The van der Waals surface area contributed by atoms with Crippen LogP contribution in [0.5, 0.6) is 5.75 Å². The van der Waals surface area contributed by atoms with Crippen LogP contribution in [0.25, 0.3) is 0 Å². The molecule has 0 saturated heterocycles. The van der Waals surface area contributed by atoms with E-state index >= 15 is 0 Å². The van der Waals surface area contributed by atoms with E-state index < -0.39 is 35.4 Å². The van der Waals surface area contributed by atoms with Crippen molar-refractivity contribution in [1.82, 2.24) is 0 Å². The quantitative estimate of drug-likeness (QED) is 0.610. The molecule has 0 bridgehead atoms. The number of benzene rings is 1. The normalized spacial score (nSPS) is 11.8. The summed E-state index contributed by atoms with van der Waals surface area (Å²) in [7, 11) is 0. The lowest BCUT2D eigenvalue weighted by Crippen LogP contribution is -2.13. The van der Waals surface area contributed by atoms with Gasteiger partial charge in [0.15, 0.2) is 5.78 Å². The van der Waals surface area contributed by atoms with Crippen molar-refractivity contribution >= 4 is 21.7 Å². The van der Waals surface area contributed by atoms with E-state index in [2.05, 4.69) is 20.7 Å². The van der Waals surface area contributed by atoms with Gasteiger partial charge in [-0.1, -0.05) is 0 Å². The predicted molar refractivity (Wildman–Crippen MR) is 55.8 cm³/mol. The molecule has 0 fully saturated rings. The molecule has 0 radical (unpaired) electrons. The highest BCUT2D eigenvalue weighted by Crippen LogP contribution is 2.38. The Balaban J connectivity index is 3.39. The van der Waals surface area contributed by atoms with E-state index in [-0.39, 0.29) is 4.47 Å². The lowest BCUT2D eigenvalue weighted by atomic mass is 10.0. The zero-order chi connectivity index (χ0) is 14.1. The van der Waals surface area contributed by atoms with Gasteiger partial charge in [0.1, 0.15) is 5.75 Å². The van der Waals surface area contributed by atoms with Gasteiger partial charge in [-0.15, -0.1) is 0 Å². The number of ketones is 1. The highest BCUT2D eigenvalue weighted by Gasteiger charge is 2.35. The number of Topliss-reactive ketones (excluding diaryl/α,β-unsaturated/α-hetero) is 1. The average Bonchev–Trinajstić information content (AvgIpc) is 2.17. The molecule has 0 N–H and O–H groups in total. The number of rotatable bonds is 3. The molecular formula is C10H6BrF5O2. The molecule has 0 aromatic heterocycles. The van der Waals surface area contributed by atoms with Crippen molar-refractivity contribution in [1.29, 1.82) is 0 Å². The van der Waals surface area contributed by atoms with Gasteiger partial charge in [-0.2, -0.15) is 22.0 Å². The van der Waals surface area contributed by atoms with E-state index in [1.807, 2.05) is 0 Å². The third-order valence-corrected chi connectivity index (χ3v) is 2.59. The molecule has 0 aliphatic heterocycles. The van der Waals surface area contributed by atoms with E-state index in [4.69, 9.17) is 0 Å². The first-order chi connectivity index (χ1) is 8.12. The molecule has 0 spiro atoms. The standard InChI is InChI=1S/C10H6BrF5O2/c1-4(17)5-2-8(18-9(12)13)7(11)3-6(5)10(14,15)16/h2-3,9H,1H3. The van der Waals surface area contributed by atoms with Gasteiger partial charge in [-0.05, 0) is 35.0 Å². The molecule has 0 amide bonds. The van der Waals surface area contributed by atoms with Crippen LogP contribution in [-0.4, -0.2) is 12.4 Å². The molecule has 2 nitrogen and oxygen atoms in total. The summed E-state index contributed by atoms with van der Waals surface area (Å²) in [6, 6.07) is 1.18. The molecule has 0 heterocycles. The summed E-state index contributed by atoms with van der Waals surface area (Å²) in [4.78, 5) is 11.1. The van der Waals surface area contributed by atoms with Gasteiger partial charge in [0.2, 0.25) is 0 Å². The predicted octanol–water partition coefficient (Wildman–Crippen LogP) is 4.27. The van der Waals surface area contributed by atoms with Crippen LogP contribution in [0.3, 0.4) is 0 Å². The largest absolute Gasteiger partial charge is 0.434 e. The van der Waals surface area contributed by atoms with Crippen molar-refractivity contribution in [2.24, 2.45) is 0 Å². The van der Waals surface area contributed by atoms with Crippen LogP contribution in [0.4, 0.5) is 22.0 Å².